The lowest BCUT2D eigenvalue weighted by molar-refractivity contribution is -0.119. The van der Waals surface area contributed by atoms with Crippen molar-refractivity contribution in [1.29, 1.82) is 0 Å². The molecule has 152 valence electrons. The van der Waals surface area contributed by atoms with Crippen LogP contribution in [0.5, 0.6) is 0 Å². The molecule has 0 bridgehead atoms. The third kappa shape index (κ3) is 4.77. The van der Waals surface area contributed by atoms with E-state index in [0.717, 1.165) is 49.2 Å². The van der Waals surface area contributed by atoms with Crippen LogP contribution in [0, 0.1) is 0 Å². The minimum atomic E-state index is -0.177. The first-order valence-corrected chi connectivity index (χ1v) is 10.6. The third-order valence-corrected chi connectivity index (χ3v) is 6.07. The fourth-order valence-corrected chi connectivity index (χ4v) is 4.49. The molecule has 8 heteroatoms. The highest BCUT2D eigenvalue weighted by Crippen LogP contribution is 2.39. The van der Waals surface area contributed by atoms with Crippen LogP contribution in [-0.2, 0) is 9.53 Å². The van der Waals surface area contributed by atoms with Crippen LogP contribution in [0.2, 0.25) is 0 Å². The summed E-state index contributed by atoms with van der Waals surface area (Å²) in [6.07, 6.45) is 2.57. The van der Waals surface area contributed by atoms with Crippen LogP contribution in [-0.4, -0.2) is 67.6 Å². The number of amides is 2. The molecule has 29 heavy (non-hydrogen) atoms. The molecule has 1 aromatic heterocycles. The fraction of sp³-hybridized carbons (Fsp3) is 0.381. The summed E-state index contributed by atoms with van der Waals surface area (Å²) in [5, 5.41) is 3.68. The smallest absolute Gasteiger partial charge is 0.259 e. The highest BCUT2D eigenvalue weighted by Gasteiger charge is 2.29. The molecule has 2 aliphatic heterocycles. The molecule has 1 N–H and O–H groups in total. The lowest BCUT2D eigenvalue weighted by Gasteiger charge is -2.26. The summed E-state index contributed by atoms with van der Waals surface area (Å²) in [6, 6.07) is 11.1. The van der Waals surface area contributed by atoms with Gasteiger partial charge in [0.25, 0.3) is 5.91 Å². The van der Waals surface area contributed by atoms with Gasteiger partial charge in [0.2, 0.25) is 5.91 Å². The van der Waals surface area contributed by atoms with Gasteiger partial charge in [-0.05, 0) is 37.2 Å². The van der Waals surface area contributed by atoms with Crippen LogP contribution >= 0.6 is 11.8 Å². The number of ether oxygens (including phenoxy) is 1. The number of fused-ring (bicyclic) bond motifs is 2. The molecule has 0 atom stereocenters. The molecule has 2 aromatic rings. The van der Waals surface area contributed by atoms with Crippen molar-refractivity contribution >= 4 is 29.3 Å². The van der Waals surface area contributed by atoms with Crippen LogP contribution in [0.15, 0.2) is 52.5 Å². The van der Waals surface area contributed by atoms with E-state index in [0.29, 0.717) is 17.8 Å². The molecule has 0 unspecified atom stereocenters. The zero-order valence-corrected chi connectivity index (χ0v) is 17.0. The summed E-state index contributed by atoms with van der Waals surface area (Å²) in [6.45, 7) is 4.93. The van der Waals surface area contributed by atoms with Gasteiger partial charge in [-0.15, -0.1) is 0 Å². The Kier molecular flexibility index (Phi) is 6.43. The van der Waals surface area contributed by atoms with Crippen molar-refractivity contribution in [2.24, 2.45) is 0 Å². The van der Waals surface area contributed by atoms with Crippen molar-refractivity contribution < 1.29 is 14.3 Å². The molecule has 1 fully saturated rings. The average Bonchev–Trinajstić information content (AvgIpc) is 2.87. The molecule has 2 amide bonds. The van der Waals surface area contributed by atoms with Gasteiger partial charge in [0, 0.05) is 30.7 Å². The van der Waals surface area contributed by atoms with Crippen molar-refractivity contribution in [3.05, 3.63) is 48.2 Å². The van der Waals surface area contributed by atoms with Gasteiger partial charge in [-0.1, -0.05) is 23.9 Å². The van der Waals surface area contributed by atoms with E-state index < -0.39 is 0 Å². The second-order valence-electron chi connectivity index (χ2n) is 6.97. The Balaban J connectivity index is 1.40. The van der Waals surface area contributed by atoms with Gasteiger partial charge >= 0.3 is 0 Å². The van der Waals surface area contributed by atoms with E-state index in [1.54, 1.807) is 18.3 Å². The Morgan fingerprint density at radius 3 is 2.86 bits per heavy atom. The van der Waals surface area contributed by atoms with E-state index in [1.165, 1.54) is 16.7 Å². The van der Waals surface area contributed by atoms with Crippen LogP contribution in [0.25, 0.3) is 0 Å². The van der Waals surface area contributed by atoms with Crippen LogP contribution in [0.4, 0.5) is 5.69 Å². The Morgan fingerprint density at radius 1 is 1.17 bits per heavy atom. The number of carbonyl (C=O) groups excluding carboxylic acids is 2. The molecule has 1 saturated heterocycles. The fourth-order valence-electron chi connectivity index (χ4n) is 3.47. The maximum atomic E-state index is 13.2. The van der Waals surface area contributed by atoms with Crippen molar-refractivity contribution in [1.82, 2.24) is 15.2 Å². The van der Waals surface area contributed by atoms with E-state index >= 15 is 0 Å². The number of rotatable bonds is 6. The Bertz CT molecular complexity index is 886. The molecule has 0 aliphatic carbocycles. The molecule has 7 nitrogen and oxygen atoms in total. The number of pyridine rings is 1. The molecule has 4 rings (SSSR count). The number of nitrogens with one attached hydrogen (secondary N) is 1. The van der Waals surface area contributed by atoms with Crippen LogP contribution in [0.3, 0.4) is 0 Å². The number of carbonyl (C=O) groups is 2. The molecular weight excluding hydrogens is 388 g/mol. The van der Waals surface area contributed by atoms with Crippen molar-refractivity contribution in [3.63, 3.8) is 0 Å². The lowest BCUT2D eigenvalue weighted by atomic mass is 10.2. The number of nitrogens with zero attached hydrogens (tertiary/aromatic N) is 3. The molecule has 2 aliphatic rings. The summed E-state index contributed by atoms with van der Waals surface area (Å²) in [7, 11) is 0. The van der Waals surface area contributed by atoms with Crippen LogP contribution in [0.1, 0.15) is 16.8 Å². The minimum Gasteiger partial charge on any atom is -0.379 e. The summed E-state index contributed by atoms with van der Waals surface area (Å²) < 4.78 is 5.35. The van der Waals surface area contributed by atoms with Crippen LogP contribution < -0.4 is 10.2 Å². The van der Waals surface area contributed by atoms with Crippen molar-refractivity contribution in [2.75, 3.05) is 50.8 Å². The molecule has 1 aromatic carbocycles. The maximum absolute atomic E-state index is 13.2. The number of anilines is 1. The second-order valence-corrected chi connectivity index (χ2v) is 8.01. The summed E-state index contributed by atoms with van der Waals surface area (Å²) in [5.74, 6) is -0.345. The second kappa shape index (κ2) is 9.39. The third-order valence-electron chi connectivity index (χ3n) is 4.99. The van der Waals surface area contributed by atoms with E-state index in [4.69, 9.17) is 4.74 Å². The number of hydrogen-bond donors (Lipinski definition) is 1. The van der Waals surface area contributed by atoms with Gasteiger partial charge < -0.3 is 10.1 Å². The lowest BCUT2D eigenvalue weighted by Crippen LogP contribution is -2.42. The average molecular weight is 413 g/mol. The standard InChI is InChI=1S/C21H24N4O3S/c26-19(22-9-4-10-24-11-13-28-14-12-24)15-25-17-6-3-8-23-20(17)29-18-7-2-1-5-16(18)21(25)27/h1-3,5-8H,4,9-15H2,(H,22,26). The normalized spacial score (nSPS) is 16.7. The van der Waals surface area contributed by atoms with Gasteiger partial charge in [0.1, 0.15) is 11.6 Å². The van der Waals surface area contributed by atoms with Gasteiger partial charge in [-0.3, -0.25) is 19.4 Å². The predicted octanol–water partition coefficient (Wildman–Crippen LogP) is 2.03. The van der Waals surface area contributed by atoms with E-state index in [2.05, 4.69) is 15.2 Å². The quantitative estimate of drug-likeness (QED) is 0.732. The zero-order chi connectivity index (χ0) is 20.1. The Hall–Kier alpha value is -2.42. The summed E-state index contributed by atoms with van der Waals surface area (Å²) in [5.41, 5.74) is 1.26. The zero-order valence-electron chi connectivity index (χ0n) is 16.2. The van der Waals surface area contributed by atoms with E-state index in [9.17, 15) is 9.59 Å². The predicted molar refractivity (Wildman–Crippen MR) is 111 cm³/mol. The Morgan fingerprint density at radius 2 is 2.00 bits per heavy atom. The first kappa shape index (κ1) is 19.9. The first-order chi connectivity index (χ1) is 14.2. The first-order valence-electron chi connectivity index (χ1n) is 9.83. The summed E-state index contributed by atoms with van der Waals surface area (Å²) in [4.78, 5) is 34.9. The number of hydrogen-bond acceptors (Lipinski definition) is 6. The molecule has 3 heterocycles. The molecular formula is C21H24N4O3S. The monoisotopic (exact) mass is 412 g/mol. The molecule has 0 radical (unpaired) electrons. The number of aromatic nitrogens is 1. The number of morpholine rings is 1. The molecule has 0 saturated carbocycles. The van der Waals surface area contributed by atoms with E-state index in [-0.39, 0.29) is 18.4 Å². The Labute approximate surface area is 174 Å². The highest BCUT2D eigenvalue weighted by molar-refractivity contribution is 7.99. The van der Waals surface area contributed by atoms with Gasteiger partial charge in [-0.25, -0.2) is 4.98 Å². The summed E-state index contributed by atoms with van der Waals surface area (Å²) >= 11 is 1.45. The minimum absolute atomic E-state index is 0.0238. The highest BCUT2D eigenvalue weighted by atomic mass is 32.2. The number of benzene rings is 1. The van der Waals surface area contributed by atoms with Gasteiger partial charge in [0.05, 0.1) is 24.5 Å². The molecule has 0 spiro atoms. The van der Waals surface area contributed by atoms with Crippen molar-refractivity contribution in [2.45, 2.75) is 16.3 Å². The topological polar surface area (TPSA) is 74.8 Å². The van der Waals surface area contributed by atoms with Gasteiger partial charge in [-0.2, -0.15) is 0 Å². The van der Waals surface area contributed by atoms with Crippen molar-refractivity contribution in [3.8, 4) is 0 Å². The maximum Gasteiger partial charge on any atom is 0.259 e. The van der Waals surface area contributed by atoms with Gasteiger partial charge in [0.15, 0.2) is 0 Å². The SMILES string of the molecule is O=C(CN1C(=O)c2ccccc2Sc2ncccc21)NCCCN1CCOCC1. The van der Waals surface area contributed by atoms with E-state index in [1.807, 2.05) is 24.3 Å². The largest absolute Gasteiger partial charge is 0.379 e.